The highest BCUT2D eigenvalue weighted by molar-refractivity contribution is 9.10. The number of carbonyl (C=O) groups is 1. The fourth-order valence-electron chi connectivity index (χ4n) is 2.13. The van der Waals surface area contributed by atoms with Crippen LogP contribution >= 0.6 is 15.9 Å². The summed E-state index contributed by atoms with van der Waals surface area (Å²) in [7, 11) is 0. The summed E-state index contributed by atoms with van der Waals surface area (Å²) in [6.07, 6.45) is 1.59. The first-order valence-corrected chi connectivity index (χ1v) is 8.23. The van der Waals surface area contributed by atoms with Crippen LogP contribution in [-0.2, 0) is 0 Å². The molecule has 0 bridgehead atoms. The molecular weight excluding hydrogens is 380 g/mol. The van der Waals surface area contributed by atoms with E-state index in [1.54, 1.807) is 30.5 Å². The number of anilines is 3. The van der Waals surface area contributed by atoms with Crippen molar-refractivity contribution in [3.63, 3.8) is 0 Å². The molecule has 0 fully saturated rings. The molecule has 1 aromatic heterocycles. The summed E-state index contributed by atoms with van der Waals surface area (Å²) >= 11 is 3.35. The Morgan fingerprint density at radius 2 is 1.56 bits per heavy atom. The monoisotopic (exact) mass is 392 g/mol. The molecule has 0 aliphatic carbocycles. The van der Waals surface area contributed by atoms with Gasteiger partial charge in [0.1, 0.15) is 5.69 Å². The fraction of sp³-hybridized carbons (Fsp3) is 0. The van der Waals surface area contributed by atoms with Crippen LogP contribution in [0.1, 0.15) is 16.1 Å². The number of benzene rings is 2. The average molecular weight is 393 g/mol. The second kappa shape index (κ2) is 7.60. The van der Waals surface area contributed by atoms with Crippen LogP contribution in [0.15, 0.2) is 71.3 Å². The van der Waals surface area contributed by atoms with Crippen LogP contribution in [-0.4, -0.2) is 10.9 Å². The Kier molecular flexibility index (Phi) is 5.07. The number of nitrogens with zero attached hydrogens (tertiary/aromatic N) is 2. The number of halogens is 1. The van der Waals surface area contributed by atoms with Crippen molar-refractivity contribution in [3.05, 3.63) is 82.6 Å². The molecule has 122 valence electrons. The van der Waals surface area contributed by atoms with E-state index < -0.39 is 0 Å². The molecule has 1 heterocycles. The Balaban J connectivity index is 1.65. The zero-order valence-corrected chi connectivity index (χ0v) is 14.6. The lowest BCUT2D eigenvalue weighted by Gasteiger charge is -2.08. The van der Waals surface area contributed by atoms with Gasteiger partial charge in [-0.25, -0.2) is 4.98 Å². The molecule has 1 amide bonds. The zero-order valence-electron chi connectivity index (χ0n) is 13.0. The number of nitrogens with one attached hydrogen (secondary N) is 2. The highest BCUT2D eigenvalue weighted by atomic mass is 79.9. The van der Waals surface area contributed by atoms with Crippen LogP contribution in [0.2, 0.25) is 0 Å². The third kappa shape index (κ3) is 4.43. The minimum Gasteiger partial charge on any atom is -0.354 e. The van der Waals surface area contributed by atoms with Gasteiger partial charge in [-0.1, -0.05) is 15.9 Å². The number of carbonyl (C=O) groups excluding carboxylic acids is 1. The largest absolute Gasteiger partial charge is 0.354 e. The maximum Gasteiger partial charge on any atom is 0.274 e. The number of nitriles is 1. The maximum atomic E-state index is 12.2. The summed E-state index contributed by atoms with van der Waals surface area (Å²) in [6, 6.07) is 19.9. The van der Waals surface area contributed by atoms with Gasteiger partial charge < -0.3 is 10.6 Å². The molecule has 0 saturated heterocycles. The second-order valence-electron chi connectivity index (χ2n) is 5.21. The van der Waals surface area contributed by atoms with Crippen LogP contribution in [0, 0.1) is 11.3 Å². The van der Waals surface area contributed by atoms with E-state index in [4.69, 9.17) is 5.26 Å². The molecule has 3 aromatic rings. The number of hydrogen-bond acceptors (Lipinski definition) is 4. The van der Waals surface area contributed by atoms with E-state index in [2.05, 4.69) is 37.6 Å². The van der Waals surface area contributed by atoms with E-state index in [1.807, 2.05) is 36.4 Å². The van der Waals surface area contributed by atoms with Crippen molar-refractivity contribution >= 4 is 38.9 Å². The number of amides is 1. The highest BCUT2D eigenvalue weighted by Gasteiger charge is 2.07. The molecule has 5 nitrogen and oxygen atoms in total. The van der Waals surface area contributed by atoms with E-state index in [1.165, 1.54) is 0 Å². The smallest absolute Gasteiger partial charge is 0.274 e. The molecule has 0 spiro atoms. The molecule has 3 rings (SSSR count). The molecule has 0 saturated carbocycles. The normalized spacial score (nSPS) is 9.92. The summed E-state index contributed by atoms with van der Waals surface area (Å²) < 4.78 is 0.946. The van der Waals surface area contributed by atoms with Gasteiger partial charge >= 0.3 is 0 Å². The van der Waals surface area contributed by atoms with E-state index in [0.29, 0.717) is 16.9 Å². The van der Waals surface area contributed by atoms with E-state index in [-0.39, 0.29) is 5.91 Å². The first-order chi connectivity index (χ1) is 12.1. The van der Waals surface area contributed by atoms with Crippen LogP contribution < -0.4 is 10.6 Å². The standard InChI is InChI=1S/C19H13BrN4O/c20-14-3-7-16(8-4-14)24-19(25)18-10-9-17(12-22-18)23-15-5-1-13(11-21)2-6-15/h1-10,12,23H,(H,24,25). The van der Waals surface area contributed by atoms with Crippen LogP contribution in [0.4, 0.5) is 17.1 Å². The van der Waals surface area contributed by atoms with Gasteiger partial charge in [0.2, 0.25) is 0 Å². The van der Waals surface area contributed by atoms with Gasteiger partial charge in [0.25, 0.3) is 5.91 Å². The van der Waals surface area contributed by atoms with Crippen molar-refractivity contribution in [1.82, 2.24) is 4.98 Å². The summed E-state index contributed by atoms with van der Waals surface area (Å²) in [5.41, 5.74) is 3.23. The van der Waals surface area contributed by atoms with E-state index >= 15 is 0 Å². The molecule has 0 unspecified atom stereocenters. The lowest BCUT2D eigenvalue weighted by Crippen LogP contribution is -2.13. The average Bonchev–Trinajstić information content (AvgIpc) is 2.65. The molecule has 0 aliphatic rings. The van der Waals surface area contributed by atoms with Crippen LogP contribution in [0.5, 0.6) is 0 Å². The number of aromatic nitrogens is 1. The second-order valence-corrected chi connectivity index (χ2v) is 6.12. The molecule has 25 heavy (non-hydrogen) atoms. The van der Waals surface area contributed by atoms with Crippen molar-refractivity contribution < 1.29 is 4.79 Å². The van der Waals surface area contributed by atoms with Crippen molar-refractivity contribution in [1.29, 1.82) is 5.26 Å². The van der Waals surface area contributed by atoms with Gasteiger partial charge in [0.15, 0.2) is 0 Å². The Hall–Kier alpha value is -3.17. The topological polar surface area (TPSA) is 77.8 Å². The van der Waals surface area contributed by atoms with Gasteiger partial charge in [0.05, 0.1) is 23.5 Å². The summed E-state index contributed by atoms with van der Waals surface area (Å²) in [5, 5.41) is 14.8. The molecule has 2 N–H and O–H groups in total. The van der Waals surface area contributed by atoms with Crippen LogP contribution in [0.25, 0.3) is 0 Å². The molecule has 6 heteroatoms. The third-order valence-electron chi connectivity index (χ3n) is 3.40. The summed E-state index contributed by atoms with van der Waals surface area (Å²) in [5.74, 6) is -0.271. The Labute approximate surface area is 153 Å². The third-order valence-corrected chi connectivity index (χ3v) is 3.93. The maximum absolute atomic E-state index is 12.2. The summed E-state index contributed by atoms with van der Waals surface area (Å²) in [4.78, 5) is 16.4. The lowest BCUT2D eigenvalue weighted by atomic mass is 10.2. The molecule has 0 atom stereocenters. The number of hydrogen-bond donors (Lipinski definition) is 2. The highest BCUT2D eigenvalue weighted by Crippen LogP contribution is 2.18. The minimum atomic E-state index is -0.271. The molecule has 0 aliphatic heterocycles. The van der Waals surface area contributed by atoms with Gasteiger partial charge in [0, 0.05) is 15.8 Å². The molecule has 2 aromatic carbocycles. The van der Waals surface area contributed by atoms with Crippen molar-refractivity contribution in [2.45, 2.75) is 0 Å². The predicted octanol–water partition coefficient (Wildman–Crippen LogP) is 4.71. The minimum absolute atomic E-state index is 0.271. The van der Waals surface area contributed by atoms with E-state index in [9.17, 15) is 4.79 Å². The van der Waals surface area contributed by atoms with Crippen molar-refractivity contribution in [2.75, 3.05) is 10.6 Å². The van der Waals surface area contributed by atoms with Crippen molar-refractivity contribution in [2.24, 2.45) is 0 Å². The van der Waals surface area contributed by atoms with Crippen molar-refractivity contribution in [3.8, 4) is 6.07 Å². The predicted molar refractivity (Wildman–Crippen MR) is 101 cm³/mol. The van der Waals surface area contributed by atoms with E-state index in [0.717, 1.165) is 15.8 Å². The number of pyridine rings is 1. The quantitative estimate of drug-likeness (QED) is 0.673. The number of rotatable bonds is 4. The van der Waals surface area contributed by atoms with Gasteiger partial charge in [-0.05, 0) is 60.7 Å². The first kappa shape index (κ1) is 16.7. The fourth-order valence-corrected chi connectivity index (χ4v) is 2.39. The van der Waals surface area contributed by atoms with Gasteiger partial charge in [-0.2, -0.15) is 5.26 Å². The van der Waals surface area contributed by atoms with Gasteiger partial charge in [-0.15, -0.1) is 0 Å². The zero-order chi connectivity index (χ0) is 17.6. The summed E-state index contributed by atoms with van der Waals surface area (Å²) in [6.45, 7) is 0. The Morgan fingerprint density at radius 1 is 0.920 bits per heavy atom. The Morgan fingerprint density at radius 3 is 2.16 bits per heavy atom. The lowest BCUT2D eigenvalue weighted by molar-refractivity contribution is 0.102. The van der Waals surface area contributed by atoms with Gasteiger partial charge in [-0.3, -0.25) is 4.79 Å². The molecule has 0 radical (unpaired) electrons. The SMILES string of the molecule is N#Cc1ccc(Nc2ccc(C(=O)Nc3ccc(Br)cc3)nc2)cc1. The Bertz CT molecular complexity index is 914. The first-order valence-electron chi connectivity index (χ1n) is 7.44. The molecular formula is C19H13BrN4O. The van der Waals surface area contributed by atoms with Crippen LogP contribution in [0.3, 0.4) is 0 Å².